The molecule has 5 heteroatoms. The Morgan fingerprint density at radius 2 is 1.90 bits per heavy atom. The van der Waals surface area contributed by atoms with Gasteiger partial charge in [0, 0.05) is 0 Å². The van der Waals surface area contributed by atoms with Crippen molar-refractivity contribution in [3.8, 4) is 0 Å². The fourth-order valence-electron chi connectivity index (χ4n) is 0.257. The lowest BCUT2D eigenvalue weighted by molar-refractivity contribution is 1.54. The van der Waals surface area contributed by atoms with E-state index in [2.05, 4.69) is 6.92 Å². The third-order valence-electron chi connectivity index (χ3n) is 0.596. The Bertz CT molecular complexity index is 130. The summed E-state index contributed by atoms with van der Waals surface area (Å²) in [7, 11) is 0. The summed E-state index contributed by atoms with van der Waals surface area (Å²) < 4.78 is 1.84. The maximum absolute atomic E-state index is 5.02. The van der Waals surface area contributed by atoms with Crippen molar-refractivity contribution < 1.29 is 0 Å². The van der Waals surface area contributed by atoms with Gasteiger partial charge in [-0.2, -0.15) is 0 Å². The van der Waals surface area contributed by atoms with Crippen LogP contribution < -0.4 is 0 Å². The Balaban J connectivity index is 3.47. The highest BCUT2D eigenvalue weighted by molar-refractivity contribution is 8.62. The Morgan fingerprint density at radius 1 is 1.30 bits per heavy atom. The van der Waals surface area contributed by atoms with Crippen LogP contribution in [0.4, 0.5) is 0 Å². The third kappa shape index (κ3) is 5.97. The van der Waals surface area contributed by atoms with Crippen LogP contribution in [0.15, 0.2) is 0 Å². The molecule has 0 radical (unpaired) electrons. The topological polar surface area (TPSA) is 0 Å². The molecular formula is C5H8S5. The van der Waals surface area contributed by atoms with E-state index in [1.165, 1.54) is 11.8 Å². The third-order valence-corrected chi connectivity index (χ3v) is 4.49. The molecule has 0 fully saturated rings. The van der Waals surface area contributed by atoms with E-state index in [9.17, 15) is 0 Å². The molecule has 10 heavy (non-hydrogen) atoms. The molecule has 0 spiro atoms. The number of hydrogen-bond donors (Lipinski definition) is 0. The largest absolute Gasteiger partial charge is 0.111 e. The Hall–Kier alpha value is 1.23. The average Bonchev–Trinajstić information content (AvgIpc) is 1.88. The summed E-state index contributed by atoms with van der Waals surface area (Å²) in [5.74, 6) is 1.03. The first-order valence-corrected chi connectivity index (χ1v) is 6.47. The van der Waals surface area contributed by atoms with Crippen LogP contribution in [0.25, 0.3) is 0 Å². The summed E-state index contributed by atoms with van der Waals surface area (Å²) in [4.78, 5) is 0. The lowest BCUT2D eigenvalue weighted by Gasteiger charge is -1.98. The van der Waals surface area contributed by atoms with Crippen LogP contribution in [0.1, 0.15) is 6.92 Å². The summed E-state index contributed by atoms with van der Waals surface area (Å²) in [6.07, 6.45) is 1.97. The lowest BCUT2D eigenvalue weighted by atomic mass is 11.0. The molecular weight excluding hydrogens is 220 g/mol. The minimum absolute atomic E-state index is 0.908. The van der Waals surface area contributed by atoms with Gasteiger partial charge in [-0.05, 0) is 12.0 Å². The average molecular weight is 228 g/mol. The van der Waals surface area contributed by atoms with Crippen molar-refractivity contribution in [2.24, 2.45) is 0 Å². The highest BCUT2D eigenvalue weighted by Gasteiger charge is 2.00. The molecule has 0 saturated heterocycles. The van der Waals surface area contributed by atoms with Gasteiger partial charge in [-0.25, -0.2) is 0 Å². The fourth-order valence-corrected chi connectivity index (χ4v) is 3.54. The predicted molar refractivity (Wildman–Crippen MR) is 64.4 cm³/mol. The van der Waals surface area contributed by atoms with Crippen LogP contribution in [0.3, 0.4) is 0 Å². The van der Waals surface area contributed by atoms with Gasteiger partial charge >= 0.3 is 0 Å². The van der Waals surface area contributed by atoms with Gasteiger partial charge in [-0.1, -0.05) is 43.1 Å². The van der Waals surface area contributed by atoms with Crippen LogP contribution in [-0.2, 0) is 0 Å². The Morgan fingerprint density at radius 3 is 2.30 bits per heavy atom. The van der Waals surface area contributed by atoms with Crippen LogP contribution in [0, 0.1) is 0 Å². The zero-order valence-electron chi connectivity index (χ0n) is 5.75. The van der Waals surface area contributed by atoms with Crippen LogP contribution in [0.5, 0.6) is 0 Å². The second-order valence-electron chi connectivity index (χ2n) is 1.24. The molecule has 0 nitrogen and oxygen atoms in total. The van der Waals surface area contributed by atoms with Crippen molar-refractivity contribution in [2.45, 2.75) is 6.92 Å². The summed E-state index contributed by atoms with van der Waals surface area (Å²) >= 11 is 14.7. The molecule has 0 aromatic rings. The second-order valence-corrected chi connectivity index (χ2v) is 6.72. The van der Waals surface area contributed by atoms with E-state index < -0.39 is 0 Å². The summed E-state index contributed by atoms with van der Waals surface area (Å²) in [5.41, 5.74) is 0. The first-order chi connectivity index (χ1) is 4.70. The molecule has 0 aromatic carbocycles. The fraction of sp³-hybridized carbons (Fsp3) is 0.600. The van der Waals surface area contributed by atoms with Crippen molar-refractivity contribution in [3.05, 3.63) is 0 Å². The van der Waals surface area contributed by atoms with Crippen molar-refractivity contribution in [1.29, 1.82) is 0 Å². The highest BCUT2D eigenvalue weighted by Crippen LogP contribution is 2.22. The molecule has 0 aromatic heterocycles. The number of thioether (sulfide) groups is 3. The Kier molecular flexibility index (Phi) is 7.76. The first kappa shape index (κ1) is 11.2. The van der Waals surface area contributed by atoms with Gasteiger partial charge in [0.1, 0.15) is 7.06 Å². The lowest BCUT2D eigenvalue weighted by Crippen LogP contribution is -1.85. The molecule has 0 N–H and O–H groups in total. The first-order valence-electron chi connectivity index (χ1n) is 2.63. The molecule has 0 unspecified atom stereocenters. The van der Waals surface area contributed by atoms with Gasteiger partial charge in [0.05, 0.1) is 0 Å². The molecule has 0 bridgehead atoms. The molecule has 0 amide bonds. The summed E-state index contributed by atoms with van der Waals surface area (Å²) in [5, 5.41) is 0. The molecule has 0 atom stereocenters. The van der Waals surface area contributed by atoms with Gasteiger partial charge in [0.15, 0.2) is 0 Å². The van der Waals surface area contributed by atoms with Gasteiger partial charge in [0.25, 0.3) is 0 Å². The van der Waals surface area contributed by atoms with Crippen molar-refractivity contribution >= 4 is 66.8 Å². The van der Waals surface area contributed by atoms with E-state index in [-0.39, 0.29) is 0 Å². The maximum atomic E-state index is 5.02. The van der Waals surface area contributed by atoms with Crippen molar-refractivity contribution in [2.75, 3.05) is 12.0 Å². The monoisotopic (exact) mass is 228 g/mol. The zero-order chi connectivity index (χ0) is 7.98. The van der Waals surface area contributed by atoms with Gasteiger partial charge in [-0.3, -0.25) is 0 Å². The molecule has 0 aliphatic carbocycles. The van der Waals surface area contributed by atoms with Crippen LogP contribution in [-0.4, -0.2) is 19.1 Å². The zero-order valence-corrected chi connectivity index (χ0v) is 9.83. The van der Waals surface area contributed by atoms with Crippen LogP contribution >= 0.6 is 59.7 Å². The minimum atomic E-state index is 0.908. The SMILES string of the molecule is CCSC(=S)SC(=S)SC. The smallest absolute Gasteiger partial charge is 0.110 e. The van der Waals surface area contributed by atoms with Gasteiger partial charge < -0.3 is 0 Å². The van der Waals surface area contributed by atoms with E-state index in [1.807, 2.05) is 6.26 Å². The van der Waals surface area contributed by atoms with Gasteiger partial charge in [-0.15, -0.1) is 23.5 Å². The predicted octanol–water partition coefficient (Wildman–Crippen LogP) is 3.41. The van der Waals surface area contributed by atoms with Crippen molar-refractivity contribution in [3.63, 3.8) is 0 Å². The van der Waals surface area contributed by atoms with E-state index in [0.717, 1.165) is 12.8 Å². The normalized spacial score (nSPS) is 9.40. The second kappa shape index (κ2) is 6.91. The number of rotatable bonds is 1. The maximum Gasteiger partial charge on any atom is 0.110 e. The minimum Gasteiger partial charge on any atom is -0.111 e. The van der Waals surface area contributed by atoms with Crippen molar-refractivity contribution in [1.82, 2.24) is 0 Å². The molecule has 0 heterocycles. The van der Waals surface area contributed by atoms with E-state index in [1.54, 1.807) is 23.5 Å². The number of hydrogen-bond acceptors (Lipinski definition) is 5. The molecule has 0 aliphatic rings. The summed E-state index contributed by atoms with van der Waals surface area (Å²) in [6.45, 7) is 2.08. The molecule has 0 aliphatic heterocycles. The van der Waals surface area contributed by atoms with Crippen LogP contribution in [0.2, 0.25) is 0 Å². The Labute approximate surface area is 85.3 Å². The van der Waals surface area contributed by atoms with E-state index in [4.69, 9.17) is 24.4 Å². The molecule has 0 rings (SSSR count). The highest BCUT2D eigenvalue weighted by atomic mass is 32.3. The quantitative estimate of drug-likeness (QED) is 0.629. The van der Waals surface area contributed by atoms with Gasteiger partial charge in [0.2, 0.25) is 0 Å². The van der Waals surface area contributed by atoms with E-state index >= 15 is 0 Å². The number of thiocarbonyl (C=S) groups is 2. The van der Waals surface area contributed by atoms with E-state index in [0.29, 0.717) is 0 Å². The standard InChI is InChI=1S/C5H8S5/c1-3-9-5(7)10-4(6)8-2/h3H2,1-2H3. The summed E-state index contributed by atoms with van der Waals surface area (Å²) in [6, 6.07) is 0. The molecule has 58 valence electrons. The molecule has 0 saturated carbocycles.